The van der Waals surface area contributed by atoms with Crippen LogP contribution in [0.3, 0.4) is 0 Å². The average molecular weight is 271 g/mol. The molecule has 0 aromatic heterocycles. The van der Waals surface area contributed by atoms with Crippen LogP contribution in [0.4, 0.5) is 5.69 Å². The number of carbonyl (C=O) groups is 1. The van der Waals surface area contributed by atoms with E-state index in [2.05, 4.69) is 0 Å². The molecule has 1 aromatic rings. The van der Waals surface area contributed by atoms with E-state index in [1.165, 1.54) is 23.1 Å². The van der Waals surface area contributed by atoms with Crippen molar-refractivity contribution >= 4 is 23.2 Å². The Kier molecular flexibility index (Phi) is 3.49. The second-order valence-electron chi connectivity index (χ2n) is 4.08. The lowest BCUT2D eigenvalue weighted by Crippen LogP contribution is -2.30. The van der Waals surface area contributed by atoms with E-state index < -0.39 is 16.9 Å². The van der Waals surface area contributed by atoms with Crippen molar-refractivity contribution in [2.75, 3.05) is 13.1 Å². The van der Waals surface area contributed by atoms with Crippen molar-refractivity contribution in [1.82, 2.24) is 4.90 Å². The molecule has 96 valence electrons. The van der Waals surface area contributed by atoms with Gasteiger partial charge in [0.05, 0.1) is 16.0 Å². The standard InChI is InChI=1S/C11H11ClN2O4/c12-8-2-1-3-9(14(17)18)10(8)11(16)13-5-4-7(15)6-13/h1-3,7,15H,4-6H2/t7-/m0/s1. The molecule has 1 amide bonds. The lowest BCUT2D eigenvalue weighted by atomic mass is 10.1. The monoisotopic (exact) mass is 270 g/mol. The van der Waals surface area contributed by atoms with E-state index in [-0.39, 0.29) is 22.8 Å². The number of aliphatic hydroxyl groups excluding tert-OH is 1. The van der Waals surface area contributed by atoms with Crippen LogP contribution in [-0.2, 0) is 0 Å². The third kappa shape index (κ3) is 2.30. The molecule has 1 atom stereocenters. The average Bonchev–Trinajstić information content (AvgIpc) is 2.74. The van der Waals surface area contributed by atoms with Gasteiger partial charge in [0.15, 0.2) is 0 Å². The Balaban J connectivity index is 2.38. The van der Waals surface area contributed by atoms with Gasteiger partial charge in [-0.2, -0.15) is 0 Å². The molecule has 0 saturated carbocycles. The fourth-order valence-corrected chi connectivity index (χ4v) is 2.21. The molecule has 0 aliphatic carbocycles. The lowest BCUT2D eigenvalue weighted by molar-refractivity contribution is -0.385. The Morgan fingerprint density at radius 2 is 2.28 bits per heavy atom. The molecule has 1 heterocycles. The summed E-state index contributed by atoms with van der Waals surface area (Å²) in [5.41, 5.74) is -0.424. The number of hydrogen-bond donors (Lipinski definition) is 1. The smallest absolute Gasteiger partial charge is 0.283 e. The normalized spacial score (nSPS) is 19.0. The molecule has 7 heteroatoms. The minimum Gasteiger partial charge on any atom is -0.391 e. The van der Waals surface area contributed by atoms with Crippen molar-refractivity contribution in [3.05, 3.63) is 38.9 Å². The number of amides is 1. The minimum atomic E-state index is -0.633. The summed E-state index contributed by atoms with van der Waals surface area (Å²) in [7, 11) is 0. The van der Waals surface area contributed by atoms with Crippen LogP contribution < -0.4 is 0 Å². The van der Waals surface area contributed by atoms with Gasteiger partial charge in [-0.1, -0.05) is 17.7 Å². The fourth-order valence-electron chi connectivity index (χ4n) is 1.96. The summed E-state index contributed by atoms with van der Waals surface area (Å²) in [4.78, 5) is 23.8. The van der Waals surface area contributed by atoms with Gasteiger partial charge >= 0.3 is 0 Å². The molecule has 1 N–H and O–H groups in total. The number of nitro benzene ring substituents is 1. The first-order valence-electron chi connectivity index (χ1n) is 5.41. The van der Waals surface area contributed by atoms with Crippen LogP contribution in [0.15, 0.2) is 18.2 Å². The SMILES string of the molecule is O=C(c1c(Cl)cccc1[N+](=O)[O-])N1CC[C@H](O)C1. The number of nitrogens with zero attached hydrogens (tertiary/aromatic N) is 2. The van der Waals surface area contributed by atoms with Gasteiger partial charge < -0.3 is 10.0 Å². The summed E-state index contributed by atoms with van der Waals surface area (Å²) < 4.78 is 0. The number of nitro groups is 1. The highest BCUT2D eigenvalue weighted by Crippen LogP contribution is 2.28. The molecule has 1 aromatic carbocycles. The van der Waals surface area contributed by atoms with Crippen LogP contribution in [0.5, 0.6) is 0 Å². The van der Waals surface area contributed by atoms with Crippen molar-refractivity contribution in [3.8, 4) is 0 Å². The second-order valence-corrected chi connectivity index (χ2v) is 4.49. The molecule has 0 radical (unpaired) electrons. The summed E-state index contributed by atoms with van der Waals surface area (Å²) in [5.74, 6) is -0.510. The molecule has 1 saturated heterocycles. The number of aliphatic hydroxyl groups is 1. The van der Waals surface area contributed by atoms with Crippen molar-refractivity contribution < 1.29 is 14.8 Å². The highest BCUT2D eigenvalue weighted by atomic mass is 35.5. The third-order valence-corrected chi connectivity index (χ3v) is 3.17. The predicted molar refractivity (Wildman–Crippen MR) is 64.6 cm³/mol. The third-order valence-electron chi connectivity index (χ3n) is 2.85. The van der Waals surface area contributed by atoms with Crippen molar-refractivity contribution in [1.29, 1.82) is 0 Å². The number of halogens is 1. The van der Waals surface area contributed by atoms with Crippen molar-refractivity contribution in [3.63, 3.8) is 0 Å². The van der Waals surface area contributed by atoms with Gasteiger partial charge in [0.1, 0.15) is 5.56 Å². The van der Waals surface area contributed by atoms with E-state index in [0.717, 1.165) is 0 Å². The molecule has 1 aliphatic rings. The van der Waals surface area contributed by atoms with Crippen LogP contribution in [-0.4, -0.2) is 40.0 Å². The number of rotatable bonds is 2. The lowest BCUT2D eigenvalue weighted by Gasteiger charge is -2.16. The number of hydrogen-bond acceptors (Lipinski definition) is 4. The number of likely N-dealkylation sites (tertiary alicyclic amines) is 1. The highest BCUT2D eigenvalue weighted by molar-refractivity contribution is 6.34. The van der Waals surface area contributed by atoms with Gasteiger partial charge in [-0.05, 0) is 12.5 Å². The molecule has 18 heavy (non-hydrogen) atoms. The Labute approximate surface area is 108 Å². The van der Waals surface area contributed by atoms with E-state index in [4.69, 9.17) is 11.6 Å². The molecule has 2 rings (SSSR count). The summed E-state index contributed by atoms with van der Waals surface area (Å²) in [5, 5.41) is 20.3. The van der Waals surface area contributed by atoms with Crippen LogP contribution in [0.1, 0.15) is 16.8 Å². The van der Waals surface area contributed by atoms with Crippen LogP contribution in [0.25, 0.3) is 0 Å². The van der Waals surface area contributed by atoms with Gasteiger partial charge in [0, 0.05) is 19.2 Å². The number of carbonyl (C=O) groups excluding carboxylic acids is 1. The zero-order valence-electron chi connectivity index (χ0n) is 9.38. The topological polar surface area (TPSA) is 83.7 Å². The van der Waals surface area contributed by atoms with E-state index >= 15 is 0 Å². The first kappa shape index (κ1) is 12.8. The Hall–Kier alpha value is -1.66. The zero-order valence-corrected chi connectivity index (χ0v) is 10.1. The fraction of sp³-hybridized carbons (Fsp3) is 0.364. The van der Waals surface area contributed by atoms with Gasteiger partial charge in [-0.25, -0.2) is 0 Å². The number of β-amino-alcohol motifs (C(OH)–C–C–N with tert-alkyl or cyclic N) is 1. The van der Waals surface area contributed by atoms with E-state index in [1.807, 2.05) is 0 Å². The maximum atomic E-state index is 12.2. The van der Waals surface area contributed by atoms with Crippen LogP contribution >= 0.6 is 11.6 Å². The van der Waals surface area contributed by atoms with Crippen molar-refractivity contribution in [2.24, 2.45) is 0 Å². The summed E-state index contributed by atoms with van der Waals surface area (Å²) in [6.07, 6.45) is -0.0974. The largest absolute Gasteiger partial charge is 0.391 e. The maximum absolute atomic E-state index is 12.2. The number of benzene rings is 1. The van der Waals surface area contributed by atoms with Crippen LogP contribution in [0.2, 0.25) is 5.02 Å². The highest BCUT2D eigenvalue weighted by Gasteiger charge is 2.31. The molecule has 0 bridgehead atoms. The zero-order chi connectivity index (χ0) is 13.3. The molecule has 1 fully saturated rings. The Morgan fingerprint density at radius 3 is 2.83 bits per heavy atom. The molecular weight excluding hydrogens is 260 g/mol. The molecule has 0 unspecified atom stereocenters. The maximum Gasteiger partial charge on any atom is 0.283 e. The minimum absolute atomic E-state index is 0.0515. The molecule has 6 nitrogen and oxygen atoms in total. The molecule has 1 aliphatic heterocycles. The van der Waals surface area contributed by atoms with Gasteiger partial charge in [0.2, 0.25) is 0 Å². The van der Waals surface area contributed by atoms with Crippen molar-refractivity contribution in [2.45, 2.75) is 12.5 Å². The van der Waals surface area contributed by atoms with Gasteiger partial charge in [-0.15, -0.1) is 0 Å². The summed E-state index contributed by atoms with van der Waals surface area (Å²) in [6.45, 7) is 0.559. The second kappa shape index (κ2) is 4.91. The Morgan fingerprint density at radius 1 is 1.56 bits per heavy atom. The summed E-state index contributed by atoms with van der Waals surface area (Å²) >= 11 is 5.87. The first-order chi connectivity index (χ1) is 8.50. The predicted octanol–water partition coefficient (Wildman–Crippen LogP) is 1.45. The van der Waals surface area contributed by atoms with Gasteiger partial charge in [-0.3, -0.25) is 14.9 Å². The first-order valence-corrected chi connectivity index (χ1v) is 5.78. The van der Waals surface area contributed by atoms with E-state index in [9.17, 15) is 20.0 Å². The summed E-state index contributed by atoms with van der Waals surface area (Å²) in [6, 6.07) is 4.11. The van der Waals surface area contributed by atoms with E-state index in [0.29, 0.717) is 13.0 Å². The van der Waals surface area contributed by atoms with Gasteiger partial charge in [0.25, 0.3) is 11.6 Å². The molecule has 0 spiro atoms. The molecular formula is C11H11ClN2O4. The Bertz CT molecular complexity index is 506. The quantitative estimate of drug-likeness (QED) is 0.651. The van der Waals surface area contributed by atoms with Crippen LogP contribution in [0, 0.1) is 10.1 Å². The van der Waals surface area contributed by atoms with E-state index in [1.54, 1.807) is 0 Å².